The second-order valence-corrected chi connectivity index (χ2v) is 3.80. The van der Waals surface area contributed by atoms with Gasteiger partial charge in [0.15, 0.2) is 0 Å². The minimum Gasteiger partial charge on any atom is -0.299 e. The van der Waals surface area contributed by atoms with Crippen LogP contribution in [-0.2, 0) is 4.79 Å². The molecule has 86 valence electrons. The third-order valence-corrected chi connectivity index (χ3v) is 2.69. The molecule has 16 heavy (non-hydrogen) atoms. The predicted molar refractivity (Wildman–Crippen MR) is 65.1 cm³/mol. The molecule has 1 saturated heterocycles. The number of aldehydes is 1. The molecule has 1 fully saturated rings. The third kappa shape index (κ3) is 3.59. The lowest BCUT2D eigenvalue weighted by Crippen LogP contribution is -2.17. The number of allylic oxidation sites excluding steroid dienone is 1. The van der Waals surface area contributed by atoms with Gasteiger partial charge in [0, 0.05) is 18.4 Å². The SMILES string of the molecule is C=CC=O.CN1CCCC1c1cccnc1. The van der Waals surface area contributed by atoms with E-state index in [1.54, 1.807) is 0 Å². The van der Waals surface area contributed by atoms with Gasteiger partial charge < -0.3 is 0 Å². The van der Waals surface area contributed by atoms with Crippen LogP contribution >= 0.6 is 0 Å². The summed E-state index contributed by atoms with van der Waals surface area (Å²) in [4.78, 5) is 15.6. The summed E-state index contributed by atoms with van der Waals surface area (Å²) < 4.78 is 0. The van der Waals surface area contributed by atoms with Crippen LogP contribution < -0.4 is 0 Å². The molecule has 1 aromatic heterocycles. The quantitative estimate of drug-likeness (QED) is 0.563. The van der Waals surface area contributed by atoms with Crippen LogP contribution in [0.15, 0.2) is 37.2 Å². The predicted octanol–water partition coefficient (Wildman–Crippen LogP) is 2.22. The zero-order valence-electron chi connectivity index (χ0n) is 9.67. The van der Waals surface area contributed by atoms with E-state index in [-0.39, 0.29) is 0 Å². The fourth-order valence-corrected chi connectivity index (χ4v) is 1.90. The summed E-state index contributed by atoms with van der Waals surface area (Å²) in [5.41, 5.74) is 1.36. The molecule has 0 spiro atoms. The highest BCUT2D eigenvalue weighted by molar-refractivity contribution is 5.63. The van der Waals surface area contributed by atoms with E-state index in [1.807, 2.05) is 18.5 Å². The molecule has 0 aliphatic carbocycles. The molecule has 2 rings (SSSR count). The fourth-order valence-electron chi connectivity index (χ4n) is 1.90. The van der Waals surface area contributed by atoms with Gasteiger partial charge in [-0.15, -0.1) is 0 Å². The second kappa shape index (κ2) is 6.90. The standard InChI is InChI=1S/C10H14N2.C3H4O/c1-12-7-3-5-10(12)9-4-2-6-11-8-9;1-2-3-4/h2,4,6,8,10H,3,5,7H2,1H3;2-3H,1H2. The number of aromatic nitrogens is 1. The lowest BCUT2D eigenvalue weighted by molar-refractivity contribution is -0.104. The van der Waals surface area contributed by atoms with E-state index in [9.17, 15) is 0 Å². The Morgan fingerprint density at radius 1 is 1.62 bits per heavy atom. The average Bonchev–Trinajstić information content (AvgIpc) is 2.77. The number of nitrogens with zero attached hydrogens (tertiary/aromatic N) is 2. The Morgan fingerprint density at radius 2 is 2.38 bits per heavy atom. The number of likely N-dealkylation sites (tertiary alicyclic amines) is 1. The van der Waals surface area contributed by atoms with Gasteiger partial charge in [-0.1, -0.05) is 12.6 Å². The zero-order valence-corrected chi connectivity index (χ0v) is 9.67. The minimum absolute atomic E-state index is 0.610. The minimum atomic E-state index is 0.610. The number of hydrogen-bond donors (Lipinski definition) is 0. The van der Waals surface area contributed by atoms with Gasteiger partial charge in [-0.3, -0.25) is 14.7 Å². The Bertz CT molecular complexity index is 318. The van der Waals surface area contributed by atoms with E-state index in [0.29, 0.717) is 12.3 Å². The highest BCUT2D eigenvalue weighted by atomic mass is 16.1. The largest absolute Gasteiger partial charge is 0.299 e. The Balaban J connectivity index is 0.000000280. The van der Waals surface area contributed by atoms with Crippen LogP contribution in [0.2, 0.25) is 0 Å². The lowest BCUT2D eigenvalue weighted by Gasteiger charge is -2.18. The summed E-state index contributed by atoms with van der Waals surface area (Å²) in [5, 5.41) is 0. The maximum Gasteiger partial charge on any atom is 0.142 e. The van der Waals surface area contributed by atoms with Crippen molar-refractivity contribution in [1.82, 2.24) is 9.88 Å². The molecule has 1 atom stereocenters. The highest BCUT2D eigenvalue weighted by Gasteiger charge is 2.21. The second-order valence-electron chi connectivity index (χ2n) is 3.80. The summed E-state index contributed by atoms with van der Waals surface area (Å²) in [7, 11) is 2.19. The molecule has 1 aromatic rings. The number of rotatable bonds is 2. The molecule has 3 nitrogen and oxygen atoms in total. The van der Waals surface area contributed by atoms with E-state index >= 15 is 0 Å². The number of carbonyl (C=O) groups excluding carboxylic acids is 1. The van der Waals surface area contributed by atoms with Gasteiger partial charge in [-0.2, -0.15) is 0 Å². The van der Waals surface area contributed by atoms with E-state index < -0.39 is 0 Å². The lowest BCUT2D eigenvalue weighted by atomic mass is 10.1. The molecule has 3 heteroatoms. The highest BCUT2D eigenvalue weighted by Crippen LogP contribution is 2.29. The van der Waals surface area contributed by atoms with Gasteiger partial charge in [0.05, 0.1) is 0 Å². The van der Waals surface area contributed by atoms with Gasteiger partial charge in [-0.25, -0.2) is 0 Å². The molecule has 0 amide bonds. The van der Waals surface area contributed by atoms with Gasteiger partial charge >= 0.3 is 0 Å². The van der Waals surface area contributed by atoms with Crippen LogP contribution in [0.4, 0.5) is 0 Å². The van der Waals surface area contributed by atoms with E-state index in [0.717, 1.165) is 0 Å². The summed E-state index contributed by atoms with van der Waals surface area (Å²) in [6.45, 7) is 4.33. The Morgan fingerprint density at radius 3 is 2.81 bits per heavy atom. The van der Waals surface area contributed by atoms with Crippen molar-refractivity contribution < 1.29 is 4.79 Å². The van der Waals surface area contributed by atoms with Crippen LogP contribution in [0, 0.1) is 0 Å². The summed E-state index contributed by atoms with van der Waals surface area (Å²) in [6.07, 6.45) is 8.24. The monoisotopic (exact) mass is 218 g/mol. The molecule has 1 aliphatic rings. The van der Waals surface area contributed by atoms with Crippen molar-refractivity contribution in [2.75, 3.05) is 13.6 Å². The molecule has 0 saturated carbocycles. The molecule has 1 aliphatic heterocycles. The van der Waals surface area contributed by atoms with E-state index in [4.69, 9.17) is 4.79 Å². The van der Waals surface area contributed by atoms with Gasteiger partial charge in [0.1, 0.15) is 6.29 Å². The van der Waals surface area contributed by atoms with Crippen molar-refractivity contribution in [2.45, 2.75) is 18.9 Å². The first-order valence-corrected chi connectivity index (χ1v) is 5.46. The Labute approximate surface area is 96.8 Å². The molecule has 0 aromatic carbocycles. The van der Waals surface area contributed by atoms with Crippen molar-refractivity contribution in [1.29, 1.82) is 0 Å². The molecule has 0 bridgehead atoms. The van der Waals surface area contributed by atoms with E-state index in [1.165, 1.54) is 31.0 Å². The summed E-state index contributed by atoms with van der Waals surface area (Å²) in [6, 6.07) is 4.79. The van der Waals surface area contributed by atoms with Gasteiger partial charge in [0.2, 0.25) is 0 Å². The van der Waals surface area contributed by atoms with Crippen molar-refractivity contribution in [3.05, 3.63) is 42.7 Å². The zero-order chi connectivity index (χ0) is 11.8. The first kappa shape index (κ1) is 12.6. The molecular formula is C13H18N2O. The van der Waals surface area contributed by atoms with Crippen LogP contribution in [0.3, 0.4) is 0 Å². The van der Waals surface area contributed by atoms with Crippen LogP contribution in [-0.4, -0.2) is 29.8 Å². The van der Waals surface area contributed by atoms with Gasteiger partial charge in [-0.05, 0) is 44.1 Å². The number of pyridine rings is 1. The van der Waals surface area contributed by atoms with Crippen molar-refractivity contribution in [2.24, 2.45) is 0 Å². The van der Waals surface area contributed by atoms with Crippen molar-refractivity contribution in [3.63, 3.8) is 0 Å². The van der Waals surface area contributed by atoms with Crippen LogP contribution in [0.25, 0.3) is 0 Å². The first-order valence-electron chi connectivity index (χ1n) is 5.46. The molecule has 0 radical (unpaired) electrons. The maximum absolute atomic E-state index is 9.06. The van der Waals surface area contributed by atoms with Crippen LogP contribution in [0.1, 0.15) is 24.4 Å². The molecule has 0 N–H and O–H groups in total. The topological polar surface area (TPSA) is 33.2 Å². The normalized spacial score (nSPS) is 19.7. The summed E-state index contributed by atoms with van der Waals surface area (Å²) in [5.74, 6) is 0. The Kier molecular flexibility index (Phi) is 5.43. The van der Waals surface area contributed by atoms with Crippen molar-refractivity contribution >= 4 is 6.29 Å². The number of hydrogen-bond acceptors (Lipinski definition) is 3. The third-order valence-electron chi connectivity index (χ3n) is 2.69. The molecule has 1 unspecified atom stereocenters. The number of carbonyl (C=O) groups is 1. The van der Waals surface area contributed by atoms with Gasteiger partial charge in [0.25, 0.3) is 0 Å². The molecule has 2 heterocycles. The van der Waals surface area contributed by atoms with E-state index in [2.05, 4.69) is 29.6 Å². The smallest absolute Gasteiger partial charge is 0.142 e. The van der Waals surface area contributed by atoms with Crippen LogP contribution in [0.5, 0.6) is 0 Å². The maximum atomic E-state index is 9.06. The fraction of sp³-hybridized carbons (Fsp3) is 0.385. The summed E-state index contributed by atoms with van der Waals surface area (Å²) >= 11 is 0. The Hall–Kier alpha value is -1.48. The van der Waals surface area contributed by atoms with Crippen molar-refractivity contribution in [3.8, 4) is 0 Å². The average molecular weight is 218 g/mol. The molecular weight excluding hydrogens is 200 g/mol. The first-order chi connectivity index (χ1) is 7.79.